The van der Waals surface area contributed by atoms with Crippen LogP contribution in [-0.4, -0.2) is 32.0 Å². The van der Waals surface area contributed by atoms with Gasteiger partial charge in [0.25, 0.3) is 0 Å². The highest BCUT2D eigenvalue weighted by atomic mass is 32.2. The first-order chi connectivity index (χ1) is 11.6. The SMILES string of the molecule is COc1cccc(-n2ccn3c(SCC=C(C)C)nnc3c2=O)c1. The fraction of sp³-hybridized carbons (Fsp3) is 0.235. The zero-order valence-corrected chi connectivity index (χ0v) is 14.6. The van der Waals surface area contributed by atoms with Gasteiger partial charge in [0, 0.05) is 24.2 Å². The van der Waals surface area contributed by atoms with E-state index in [2.05, 4.69) is 30.1 Å². The molecule has 124 valence electrons. The van der Waals surface area contributed by atoms with Crippen LogP contribution in [0.25, 0.3) is 11.3 Å². The van der Waals surface area contributed by atoms with Crippen LogP contribution in [-0.2, 0) is 0 Å². The van der Waals surface area contributed by atoms with Crippen LogP contribution < -0.4 is 10.3 Å². The van der Waals surface area contributed by atoms with Crippen molar-refractivity contribution in [2.45, 2.75) is 19.0 Å². The van der Waals surface area contributed by atoms with E-state index in [1.807, 2.05) is 18.2 Å². The lowest BCUT2D eigenvalue weighted by Gasteiger charge is -2.08. The van der Waals surface area contributed by atoms with E-state index in [0.29, 0.717) is 16.6 Å². The molecule has 0 bridgehead atoms. The van der Waals surface area contributed by atoms with E-state index in [0.717, 1.165) is 11.4 Å². The minimum Gasteiger partial charge on any atom is -0.497 e. The average molecular weight is 342 g/mol. The molecule has 0 aliphatic carbocycles. The Morgan fingerprint density at radius 3 is 2.88 bits per heavy atom. The maximum Gasteiger partial charge on any atom is 0.300 e. The third kappa shape index (κ3) is 3.21. The Morgan fingerprint density at radius 2 is 2.12 bits per heavy atom. The van der Waals surface area contributed by atoms with E-state index in [4.69, 9.17) is 4.74 Å². The maximum atomic E-state index is 12.7. The van der Waals surface area contributed by atoms with Crippen LogP contribution >= 0.6 is 11.8 Å². The van der Waals surface area contributed by atoms with Gasteiger partial charge in [-0.3, -0.25) is 13.8 Å². The summed E-state index contributed by atoms with van der Waals surface area (Å²) >= 11 is 1.55. The normalized spacial score (nSPS) is 10.8. The van der Waals surface area contributed by atoms with Gasteiger partial charge < -0.3 is 4.74 Å². The molecule has 2 aromatic heterocycles. The van der Waals surface area contributed by atoms with Crippen molar-refractivity contribution in [3.8, 4) is 11.4 Å². The van der Waals surface area contributed by atoms with E-state index < -0.39 is 0 Å². The van der Waals surface area contributed by atoms with Crippen molar-refractivity contribution < 1.29 is 4.74 Å². The molecule has 0 aliphatic heterocycles. The lowest BCUT2D eigenvalue weighted by molar-refractivity contribution is 0.414. The minimum atomic E-state index is -0.215. The quantitative estimate of drug-likeness (QED) is 0.527. The zero-order valence-electron chi connectivity index (χ0n) is 13.8. The van der Waals surface area contributed by atoms with Gasteiger partial charge in [-0.15, -0.1) is 10.2 Å². The van der Waals surface area contributed by atoms with Crippen LogP contribution in [0.2, 0.25) is 0 Å². The van der Waals surface area contributed by atoms with Gasteiger partial charge in [0.05, 0.1) is 12.8 Å². The fourth-order valence-corrected chi connectivity index (χ4v) is 3.16. The van der Waals surface area contributed by atoms with Crippen LogP contribution in [0.4, 0.5) is 0 Å². The summed E-state index contributed by atoms with van der Waals surface area (Å²) in [6.45, 7) is 4.10. The number of fused-ring (bicyclic) bond motifs is 1. The standard InChI is InChI=1S/C17H18N4O2S/c1-12(2)7-10-24-17-19-18-15-16(22)20(8-9-21(15)17)13-5-4-6-14(11-13)23-3/h4-9,11H,10H2,1-3H3. The highest BCUT2D eigenvalue weighted by molar-refractivity contribution is 7.99. The molecule has 3 aromatic rings. The van der Waals surface area contributed by atoms with E-state index in [-0.39, 0.29) is 5.56 Å². The first kappa shape index (κ1) is 16.3. The van der Waals surface area contributed by atoms with Crippen LogP contribution in [0.1, 0.15) is 13.8 Å². The third-order valence-corrected chi connectivity index (χ3v) is 4.34. The number of allylic oxidation sites excluding steroid dienone is 1. The number of rotatable bonds is 5. The molecule has 0 atom stereocenters. The summed E-state index contributed by atoms with van der Waals surface area (Å²) in [4.78, 5) is 12.7. The number of hydrogen-bond donors (Lipinski definition) is 0. The molecule has 0 saturated heterocycles. The Balaban J connectivity index is 2.00. The molecule has 24 heavy (non-hydrogen) atoms. The molecular formula is C17H18N4O2S. The van der Waals surface area contributed by atoms with Crippen LogP contribution in [0, 0.1) is 0 Å². The molecule has 0 aliphatic rings. The molecule has 7 heteroatoms. The number of nitrogens with zero attached hydrogens (tertiary/aromatic N) is 4. The number of ether oxygens (including phenoxy) is 1. The Morgan fingerprint density at radius 1 is 1.29 bits per heavy atom. The summed E-state index contributed by atoms with van der Waals surface area (Å²) < 4.78 is 8.48. The molecule has 0 fully saturated rings. The lowest BCUT2D eigenvalue weighted by atomic mass is 10.3. The van der Waals surface area contributed by atoms with E-state index in [1.54, 1.807) is 41.7 Å². The first-order valence-electron chi connectivity index (χ1n) is 7.47. The van der Waals surface area contributed by atoms with Gasteiger partial charge in [-0.1, -0.05) is 29.5 Å². The molecule has 0 N–H and O–H groups in total. The summed E-state index contributed by atoms with van der Waals surface area (Å²) in [6.07, 6.45) is 5.64. The Kier molecular flexibility index (Phi) is 4.71. The second-order valence-electron chi connectivity index (χ2n) is 5.44. The summed E-state index contributed by atoms with van der Waals surface area (Å²) in [6, 6.07) is 7.33. The van der Waals surface area contributed by atoms with Crippen molar-refractivity contribution in [1.82, 2.24) is 19.2 Å². The van der Waals surface area contributed by atoms with Crippen molar-refractivity contribution in [1.29, 1.82) is 0 Å². The van der Waals surface area contributed by atoms with Crippen molar-refractivity contribution in [2.24, 2.45) is 0 Å². The molecule has 2 heterocycles. The van der Waals surface area contributed by atoms with Gasteiger partial charge in [0.15, 0.2) is 5.16 Å². The van der Waals surface area contributed by atoms with Gasteiger partial charge in [-0.2, -0.15) is 0 Å². The monoisotopic (exact) mass is 342 g/mol. The van der Waals surface area contributed by atoms with Gasteiger partial charge >= 0.3 is 5.56 Å². The fourth-order valence-electron chi connectivity index (χ4n) is 2.21. The summed E-state index contributed by atoms with van der Waals surface area (Å²) in [7, 11) is 1.60. The number of aromatic nitrogens is 4. The molecular weight excluding hydrogens is 324 g/mol. The molecule has 3 rings (SSSR count). The summed E-state index contributed by atoms with van der Waals surface area (Å²) in [5, 5.41) is 8.89. The van der Waals surface area contributed by atoms with Gasteiger partial charge in [0.1, 0.15) is 5.75 Å². The second kappa shape index (κ2) is 6.92. The van der Waals surface area contributed by atoms with E-state index in [1.165, 1.54) is 10.1 Å². The Hall–Kier alpha value is -2.54. The van der Waals surface area contributed by atoms with Crippen LogP contribution in [0.3, 0.4) is 0 Å². The van der Waals surface area contributed by atoms with E-state index >= 15 is 0 Å². The molecule has 0 spiro atoms. The average Bonchev–Trinajstić information content (AvgIpc) is 2.99. The van der Waals surface area contributed by atoms with Crippen LogP contribution in [0.15, 0.2) is 58.3 Å². The number of thioether (sulfide) groups is 1. The minimum absolute atomic E-state index is 0.215. The molecule has 0 saturated carbocycles. The van der Waals surface area contributed by atoms with Crippen molar-refractivity contribution in [3.63, 3.8) is 0 Å². The number of methoxy groups -OCH3 is 1. The first-order valence-corrected chi connectivity index (χ1v) is 8.45. The largest absolute Gasteiger partial charge is 0.497 e. The Labute approximate surface area is 143 Å². The molecule has 0 unspecified atom stereocenters. The molecule has 6 nitrogen and oxygen atoms in total. The Bertz CT molecular complexity index is 955. The van der Waals surface area contributed by atoms with Crippen molar-refractivity contribution in [2.75, 3.05) is 12.9 Å². The summed E-state index contributed by atoms with van der Waals surface area (Å²) in [5.74, 6) is 1.49. The third-order valence-electron chi connectivity index (χ3n) is 3.47. The second-order valence-corrected chi connectivity index (χ2v) is 6.43. The van der Waals surface area contributed by atoms with Gasteiger partial charge in [-0.25, -0.2) is 0 Å². The highest BCUT2D eigenvalue weighted by Gasteiger charge is 2.11. The highest BCUT2D eigenvalue weighted by Crippen LogP contribution is 2.18. The molecule has 0 radical (unpaired) electrons. The van der Waals surface area contributed by atoms with Crippen LogP contribution in [0.5, 0.6) is 5.75 Å². The lowest BCUT2D eigenvalue weighted by Crippen LogP contribution is -2.20. The molecule has 0 amide bonds. The topological polar surface area (TPSA) is 61.4 Å². The maximum absolute atomic E-state index is 12.7. The predicted octanol–water partition coefficient (Wildman–Crippen LogP) is 2.95. The van der Waals surface area contributed by atoms with Crippen molar-refractivity contribution >= 4 is 17.4 Å². The zero-order chi connectivity index (χ0) is 17.1. The smallest absolute Gasteiger partial charge is 0.300 e. The van der Waals surface area contributed by atoms with Gasteiger partial charge in [0.2, 0.25) is 5.65 Å². The van der Waals surface area contributed by atoms with E-state index in [9.17, 15) is 4.79 Å². The molecule has 1 aromatic carbocycles. The predicted molar refractivity (Wildman–Crippen MR) is 95.3 cm³/mol. The number of hydrogen-bond acceptors (Lipinski definition) is 5. The number of benzene rings is 1. The summed E-state index contributed by atoms with van der Waals surface area (Å²) in [5.41, 5.74) is 2.06. The van der Waals surface area contributed by atoms with Gasteiger partial charge in [-0.05, 0) is 26.0 Å². The van der Waals surface area contributed by atoms with Crippen molar-refractivity contribution in [3.05, 3.63) is 58.7 Å².